The molecule has 0 aromatic heterocycles. The third-order valence-electron chi connectivity index (χ3n) is 1.63. The monoisotopic (exact) mass is 183 g/mol. The van der Waals surface area contributed by atoms with Crippen molar-refractivity contribution in [2.45, 2.75) is 6.92 Å². The number of hydrogen-bond acceptors (Lipinski definition) is 3. The van der Waals surface area contributed by atoms with E-state index in [-0.39, 0.29) is 11.1 Å². The lowest BCUT2D eigenvalue weighted by Gasteiger charge is -1.98. The van der Waals surface area contributed by atoms with E-state index in [2.05, 4.69) is 0 Å². The van der Waals surface area contributed by atoms with Crippen molar-refractivity contribution in [2.24, 2.45) is 0 Å². The van der Waals surface area contributed by atoms with Gasteiger partial charge in [-0.1, -0.05) is 0 Å². The first kappa shape index (κ1) is 9.31. The number of aldehydes is 1. The van der Waals surface area contributed by atoms with Gasteiger partial charge in [-0.15, -0.1) is 0 Å². The summed E-state index contributed by atoms with van der Waals surface area (Å²) < 4.78 is 12.8. The lowest BCUT2D eigenvalue weighted by Crippen LogP contribution is -1.97. The molecule has 0 atom stereocenters. The van der Waals surface area contributed by atoms with Gasteiger partial charge in [-0.3, -0.25) is 14.9 Å². The zero-order valence-electron chi connectivity index (χ0n) is 6.78. The number of rotatable bonds is 2. The molecule has 68 valence electrons. The Morgan fingerprint density at radius 3 is 2.62 bits per heavy atom. The van der Waals surface area contributed by atoms with Crippen molar-refractivity contribution < 1.29 is 14.1 Å². The zero-order chi connectivity index (χ0) is 10.0. The van der Waals surface area contributed by atoms with E-state index >= 15 is 0 Å². The van der Waals surface area contributed by atoms with E-state index in [0.29, 0.717) is 6.29 Å². The van der Waals surface area contributed by atoms with Crippen molar-refractivity contribution in [3.05, 3.63) is 39.2 Å². The summed E-state index contributed by atoms with van der Waals surface area (Å²) in [6, 6.07) is 1.90. The van der Waals surface area contributed by atoms with Gasteiger partial charge >= 0.3 is 0 Å². The van der Waals surface area contributed by atoms with Crippen LogP contribution in [0.1, 0.15) is 15.9 Å². The lowest BCUT2D eigenvalue weighted by atomic mass is 10.1. The van der Waals surface area contributed by atoms with E-state index in [9.17, 15) is 19.3 Å². The van der Waals surface area contributed by atoms with Crippen LogP contribution in [0.15, 0.2) is 12.1 Å². The first-order chi connectivity index (χ1) is 6.06. The molecule has 4 nitrogen and oxygen atoms in total. The van der Waals surface area contributed by atoms with Crippen LogP contribution < -0.4 is 0 Å². The summed E-state index contributed by atoms with van der Waals surface area (Å²) in [5, 5.41) is 10.3. The maximum atomic E-state index is 12.8. The van der Waals surface area contributed by atoms with Gasteiger partial charge in [0.25, 0.3) is 5.69 Å². The van der Waals surface area contributed by atoms with Crippen LogP contribution in [0.2, 0.25) is 0 Å². The van der Waals surface area contributed by atoms with Crippen molar-refractivity contribution in [3.8, 4) is 0 Å². The highest BCUT2D eigenvalue weighted by molar-refractivity contribution is 5.81. The molecule has 5 heteroatoms. The largest absolute Gasteiger partial charge is 0.298 e. The Labute approximate surface area is 73.1 Å². The van der Waals surface area contributed by atoms with E-state index in [1.165, 1.54) is 6.92 Å². The highest BCUT2D eigenvalue weighted by Crippen LogP contribution is 2.20. The average Bonchev–Trinajstić information content (AvgIpc) is 2.08. The summed E-state index contributed by atoms with van der Waals surface area (Å²) in [5.74, 6) is -0.683. The molecule has 0 unspecified atom stereocenters. The number of nitro benzene ring substituents is 1. The predicted octanol–water partition coefficient (Wildman–Crippen LogP) is 1.85. The first-order valence-electron chi connectivity index (χ1n) is 3.46. The van der Waals surface area contributed by atoms with Gasteiger partial charge < -0.3 is 0 Å². The molecule has 0 radical (unpaired) electrons. The first-order valence-corrected chi connectivity index (χ1v) is 3.46. The number of hydrogen-bond donors (Lipinski definition) is 0. The number of nitrogens with zero attached hydrogens (tertiary/aromatic N) is 1. The van der Waals surface area contributed by atoms with Crippen molar-refractivity contribution in [2.75, 3.05) is 0 Å². The van der Waals surface area contributed by atoms with Gasteiger partial charge in [0.1, 0.15) is 5.82 Å². The third-order valence-corrected chi connectivity index (χ3v) is 1.63. The minimum atomic E-state index is -0.785. The normalized spacial score (nSPS) is 9.69. The highest BCUT2D eigenvalue weighted by Gasteiger charge is 2.15. The molecular weight excluding hydrogens is 177 g/mol. The van der Waals surface area contributed by atoms with E-state index in [0.717, 1.165) is 12.1 Å². The summed E-state index contributed by atoms with van der Waals surface area (Å²) in [7, 11) is 0. The molecule has 0 saturated heterocycles. The fourth-order valence-electron chi connectivity index (χ4n) is 0.946. The molecule has 0 N–H and O–H groups in total. The van der Waals surface area contributed by atoms with Crippen molar-refractivity contribution in [1.29, 1.82) is 0 Å². The molecule has 0 saturated carbocycles. The molecule has 0 aliphatic carbocycles. The molecule has 0 aliphatic rings. The molecule has 0 aliphatic heterocycles. The Bertz CT molecular complexity index is 376. The zero-order valence-corrected chi connectivity index (χ0v) is 6.78. The van der Waals surface area contributed by atoms with E-state index in [1.807, 2.05) is 0 Å². The molecule has 1 rings (SSSR count). The van der Waals surface area contributed by atoms with Gasteiger partial charge in [0.05, 0.1) is 16.6 Å². The van der Waals surface area contributed by atoms with Gasteiger partial charge in [0.2, 0.25) is 0 Å². The number of halogens is 1. The second-order valence-corrected chi connectivity index (χ2v) is 2.54. The second-order valence-electron chi connectivity index (χ2n) is 2.54. The topological polar surface area (TPSA) is 60.2 Å². The smallest absolute Gasteiger partial charge is 0.282 e. The molecule has 0 amide bonds. The summed E-state index contributed by atoms with van der Waals surface area (Å²) in [5.41, 5.74) is -0.394. The van der Waals surface area contributed by atoms with E-state index in [4.69, 9.17) is 0 Å². The molecule has 0 fully saturated rings. The minimum Gasteiger partial charge on any atom is -0.298 e. The molecule has 13 heavy (non-hydrogen) atoms. The molecule has 1 aromatic carbocycles. The highest BCUT2D eigenvalue weighted by atomic mass is 19.1. The Morgan fingerprint density at radius 1 is 1.54 bits per heavy atom. The SMILES string of the molecule is Cc1cc(C=O)c([N+](=O)[O-])cc1F. The van der Waals surface area contributed by atoms with Crippen LogP contribution in [0.5, 0.6) is 0 Å². The Morgan fingerprint density at radius 2 is 2.15 bits per heavy atom. The van der Waals surface area contributed by atoms with Crippen LogP contribution in [0.3, 0.4) is 0 Å². The van der Waals surface area contributed by atoms with Crippen LogP contribution >= 0.6 is 0 Å². The van der Waals surface area contributed by atoms with Gasteiger partial charge in [-0.2, -0.15) is 0 Å². The maximum absolute atomic E-state index is 12.8. The van der Waals surface area contributed by atoms with Gasteiger partial charge in [-0.25, -0.2) is 4.39 Å². The number of nitro groups is 1. The van der Waals surface area contributed by atoms with Crippen LogP contribution in [0, 0.1) is 22.9 Å². The quantitative estimate of drug-likeness (QED) is 0.399. The predicted molar refractivity (Wildman–Crippen MR) is 43.2 cm³/mol. The van der Waals surface area contributed by atoms with Crippen LogP contribution in [-0.4, -0.2) is 11.2 Å². The second kappa shape index (κ2) is 3.30. The summed E-state index contributed by atoms with van der Waals surface area (Å²) >= 11 is 0. The summed E-state index contributed by atoms with van der Waals surface area (Å²) in [6.07, 6.45) is 0.338. The van der Waals surface area contributed by atoms with E-state index < -0.39 is 16.4 Å². The summed E-state index contributed by atoms with van der Waals surface area (Å²) in [6.45, 7) is 1.44. The molecule has 0 bridgehead atoms. The third kappa shape index (κ3) is 1.69. The molecule has 0 spiro atoms. The number of carbonyl (C=O) groups is 1. The Kier molecular flexibility index (Phi) is 2.36. The molecule has 0 heterocycles. The Hall–Kier alpha value is -1.78. The minimum absolute atomic E-state index is 0.107. The average molecular weight is 183 g/mol. The van der Waals surface area contributed by atoms with Gasteiger partial charge in [0.15, 0.2) is 6.29 Å². The summed E-state index contributed by atoms with van der Waals surface area (Å²) in [4.78, 5) is 19.9. The lowest BCUT2D eigenvalue weighted by molar-refractivity contribution is -0.385. The van der Waals surface area contributed by atoms with Gasteiger partial charge in [0, 0.05) is 0 Å². The van der Waals surface area contributed by atoms with Crippen molar-refractivity contribution in [1.82, 2.24) is 0 Å². The van der Waals surface area contributed by atoms with Gasteiger partial charge in [-0.05, 0) is 18.6 Å². The Balaban J connectivity index is 3.41. The number of aryl methyl sites for hydroxylation is 1. The standard InChI is InChI=1S/C8H6FNO3/c1-5-2-6(4-11)8(10(12)13)3-7(5)9/h2-4H,1H3. The van der Waals surface area contributed by atoms with Crippen molar-refractivity contribution >= 4 is 12.0 Å². The van der Waals surface area contributed by atoms with E-state index in [1.54, 1.807) is 0 Å². The fourth-order valence-corrected chi connectivity index (χ4v) is 0.946. The van der Waals surface area contributed by atoms with Crippen LogP contribution in [-0.2, 0) is 0 Å². The molecule has 1 aromatic rings. The molecular formula is C8H6FNO3. The van der Waals surface area contributed by atoms with Crippen LogP contribution in [0.4, 0.5) is 10.1 Å². The maximum Gasteiger partial charge on any atom is 0.282 e. The fraction of sp³-hybridized carbons (Fsp3) is 0.125. The number of benzene rings is 1. The van der Waals surface area contributed by atoms with Crippen LogP contribution in [0.25, 0.3) is 0 Å². The number of carbonyl (C=O) groups excluding carboxylic acids is 1. The van der Waals surface area contributed by atoms with Crippen molar-refractivity contribution in [3.63, 3.8) is 0 Å².